The van der Waals surface area contributed by atoms with E-state index >= 15 is 0 Å². The maximum atomic E-state index is 11.9. The van der Waals surface area contributed by atoms with Crippen molar-refractivity contribution in [2.24, 2.45) is 0 Å². The SMILES string of the molecule is CN1C(=O)CCC(n2c(N)n[nH]c2=S)C1=O. The number of hydrogen-bond acceptors (Lipinski definition) is 5. The van der Waals surface area contributed by atoms with Crippen molar-refractivity contribution in [1.82, 2.24) is 19.7 Å². The Morgan fingerprint density at radius 3 is 2.81 bits per heavy atom. The van der Waals surface area contributed by atoms with Gasteiger partial charge in [-0.3, -0.25) is 19.1 Å². The number of imide groups is 1. The molecule has 2 amide bonds. The zero-order chi connectivity index (χ0) is 11.9. The summed E-state index contributed by atoms with van der Waals surface area (Å²) in [6, 6.07) is -0.533. The smallest absolute Gasteiger partial charge is 0.252 e. The minimum absolute atomic E-state index is 0.158. The molecule has 1 aromatic rings. The molecule has 16 heavy (non-hydrogen) atoms. The molecule has 86 valence electrons. The highest BCUT2D eigenvalue weighted by molar-refractivity contribution is 7.71. The summed E-state index contributed by atoms with van der Waals surface area (Å²) in [5.41, 5.74) is 5.61. The summed E-state index contributed by atoms with van der Waals surface area (Å²) in [6.07, 6.45) is 0.708. The molecule has 7 nitrogen and oxygen atoms in total. The number of piperidine rings is 1. The van der Waals surface area contributed by atoms with Crippen LogP contribution in [0.25, 0.3) is 0 Å². The standard InChI is InChI=1S/C8H11N5O2S/c1-12-5(14)3-2-4(6(12)15)13-7(9)10-11-8(13)16/h4H,2-3H2,1H3,(H2,9,10)(H,11,16). The molecule has 2 rings (SSSR count). The van der Waals surface area contributed by atoms with Crippen LogP contribution >= 0.6 is 12.2 Å². The van der Waals surface area contributed by atoms with Crippen LogP contribution in [0.15, 0.2) is 0 Å². The number of hydrogen-bond donors (Lipinski definition) is 2. The quantitative estimate of drug-likeness (QED) is 0.526. The fourth-order valence-electron chi connectivity index (χ4n) is 1.76. The maximum absolute atomic E-state index is 11.9. The van der Waals surface area contributed by atoms with Crippen LogP contribution in [0.1, 0.15) is 18.9 Å². The van der Waals surface area contributed by atoms with Crippen molar-refractivity contribution in [3.63, 3.8) is 0 Å². The topological polar surface area (TPSA) is 97.0 Å². The van der Waals surface area contributed by atoms with Crippen LogP contribution in [0.3, 0.4) is 0 Å². The molecule has 1 aromatic heterocycles. The Morgan fingerprint density at radius 1 is 1.56 bits per heavy atom. The first-order chi connectivity index (χ1) is 7.52. The number of carbonyl (C=O) groups is 2. The first-order valence-corrected chi connectivity index (χ1v) is 5.16. The van der Waals surface area contributed by atoms with Crippen LogP contribution in [0.4, 0.5) is 5.95 Å². The van der Waals surface area contributed by atoms with Crippen molar-refractivity contribution in [3.05, 3.63) is 4.77 Å². The van der Waals surface area contributed by atoms with Gasteiger partial charge in [0.15, 0.2) is 4.77 Å². The Balaban J connectivity index is 2.40. The number of H-pyrrole nitrogens is 1. The second kappa shape index (κ2) is 3.71. The molecule has 0 bridgehead atoms. The number of nitrogens with zero attached hydrogens (tertiary/aromatic N) is 3. The average Bonchev–Trinajstić information content (AvgIpc) is 2.57. The van der Waals surface area contributed by atoms with E-state index in [4.69, 9.17) is 18.0 Å². The van der Waals surface area contributed by atoms with E-state index in [1.165, 1.54) is 11.6 Å². The first kappa shape index (κ1) is 10.8. The minimum Gasteiger partial charge on any atom is -0.368 e. The molecule has 1 unspecified atom stereocenters. The summed E-state index contributed by atoms with van der Waals surface area (Å²) in [6.45, 7) is 0. The Kier molecular flexibility index (Phi) is 2.50. The lowest BCUT2D eigenvalue weighted by Crippen LogP contribution is -2.43. The van der Waals surface area contributed by atoms with Crippen molar-refractivity contribution < 1.29 is 9.59 Å². The molecule has 1 aliphatic rings. The number of rotatable bonds is 1. The van der Waals surface area contributed by atoms with Gasteiger partial charge < -0.3 is 5.73 Å². The lowest BCUT2D eigenvalue weighted by molar-refractivity contribution is -0.149. The van der Waals surface area contributed by atoms with Crippen LogP contribution in [-0.4, -0.2) is 38.5 Å². The number of carbonyl (C=O) groups excluding carboxylic acids is 2. The average molecular weight is 241 g/mol. The highest BCUT2D eigenvalue weighted by Gasteiger charge is 2.34. The van der Waals surface area contributed by atoms with Crippen molar-refractivity contribution in [2.75, 3.05) is 12.8 Å². The monoisotopic (exact) mass is 241 g/mol. The second-order valence-electron chi connectivity index (χ2n) is 3.60. The molecule has 0 radical (unpaired) electrons. The largest absolute Gasteiger partial charge is 0.368 e. The summed E-state index contributed by atoms with van der Waals surface area (Å²) < 4.78 is 1.74. The van der Waals surface area contributed by atoms with Gasteiger partial charge in [-0.05, 0) is 18.6 Å². The van der Waals surface area contributed by atoms with Gasteiger partial charge in [0.2, 0.25) is 11.9 Å². The van der Waals surface area contributed by atoms with Crippen molar-refractivity contribution in [1.29, 1.82) is 0 Å². The summed E-state index contributed by atoms with van der Waals surface area (Å²) in [5.74, 6) is -0.332. The van der Waals surface area contributed by atoms with Crippen LogP contribution in [0.5, 0.6) is 0 Å². The molecule has 1 fully saturated rings. The maximum Gasteiger partial charge on any atom is 0.252 e. The zero-order valence-corrected chi connectivity index (χ0v) is 9.45. The zero-order valence-electron chi connectivity index (χ0n) is 8.64. The number of likely N-dealkylation sites (tertiary alicyclic amines) is 1. The van der Waals surface area contributed by atoms with E-state index in [2.05, 4.69) is 10.2 Å². The summed E-state index contributed by atoms with van der Waals surface area (Å²) in [7, 11) is 1.46. The lowest BCUT2D eigenvalue weighted by atomic mass is 10.0. The number of nitrogens with one attached hydrogen (secondary N) is 1. The number of nitrogens with two attached hydrogens (primary N) is 1. The number of aromatic nitrogens is 3. The molecule has 8 heteroatoms. The van der Waals surface area contributed by atoms with Gasteiger partial charge in [-0.25, -0.2) is 5.10 Å². The van der Waals surface area contributed by atoms with Crippen LogP contribution in [0, 0.1) is 4.77 Å². The third kappa shape index (κ3) is 1.51. The van der Waals surface area contributed by atoms with Gasteiger partial charge >= 0.3 is 0 Å². The highest BCUT2D eigenvalue weighted by atomic mass is 32.1. The second-order valence-corrected chi connectivity index (χ2v) is 3.99. The van der Waals surface area contributed by atoms with Crippen molar-refractivity contribution in [2.45, 2.75) is 18.9 Å². The summed E-state index contributed by atoms with van der Waals surface area (Å²) in [5, 5.41) is 6.25. The van der Waals surface area contributed by atoms with E-state index in [9.17, 15) is 9.59 Å². The molecular formula is C8H11N5O2S. The van der Waals surface area contributed by atoms with E-state index in [0.717, 1.165) is 4.90 Å². The van der Waals surface area contributed by atoms with Gasteiger partial charge in [0.05, 0.1) is 0 Å². The van der Waals surface area contributed by atoms with Gasteiger partial charge in [0.1, 0.15) is 6.04 Å². The number of nitrogen functional groups attached to an aromatic ring is 1. The lowest BCUT2D eigenvalue weighted by Gasteiger charge is -2.28. The molecule has 0 spiro atoms. The number of likely N-dealkylation sites (N-methyl/N-ethyl adjacent to an activating group) is 1. The third-order valence-electron chi connectivity index (χ3n) is 2.66. The fourth-order valence-corrected chi connectivity index (χ4v) is 2.02. The van der Waals surface area contributed by atoms with E-state index in [0.29, 0.717) is 17.6 Å². The minimum atomic E-state index is -0.533. The van der Waals surface area contributed by atoms with Gasteiger partial charge in [-0.2, -0.15) is 0 Å². The molecule has 0 aromatic carbocycles. The molecule has 0 saturated carbocycles. The Labute approximate surface area is 96.2 Å². The number of aromatic amines is 1. The van der Waals surface area contributed by atoms with Gasteiger partial charge in [0, 0.05) is 13.5 Å². The Bertz CT molecular complexity index is 505. The number of amides is 2. The molecule has 1 atom stereocenters. The van der Waals surface area contributed by atoms with Crippen LogP contribution in [-0.2, 0) is 9.59 Å². The molecule has 2 heterocycles. The molecule has 3 N–H and O–H groups in total. The highest BCUT2D eigenvalue weighted by Crippen LogP contribution is 2.24. The molecule has 0 aliphatic carbocycles. The molecular weight excluding hydrogens is 230 g/mol. The van der Waals surface area contributed by atoms with E-state index in [1.54, 1.807) is 0 Å². The first-order valence-electron chi connectivity index (χ1n) is 4.75. The molecule has 1 saturated heterocycles. The van der Waals surface area contributed by atoms with E-state index in [1.807, 2.05) is 0 Å². The van der Waals surface area contributed by atoms with Crippen molar-refractivity contribution >= 4 is 30.0 Å². The molecule has 1 aliphatic heterocycles. The van der Waals surface area contributed by atoms with Crippen LogP contribution in [0.2, 0.25) is 0 Å². The van der Waals surface area contributed by atoms with Crippen LogP contribution < -0.4 is 5.73 Å². The van der Waals surface area contributed by atoms with Gasteiger partial charge in [-0.15, -0.1) is 5.10 Å². The van der Waals surface area contributed by atoms with E-state index in [-0.39, 0.29) is 17.8 Å². The predicted octanol–water partition coefficient (Wildman–Crippen LogP) is -0.157. The summed E-state index contributed by atoms with van der Waals surface area (Å²) >= 11 is 4.98. The Hall–Kier alpha value is -1.70. The summed E-state index contributed by atoms with van der Waals surface area (Å²) in [4.78, 5) is 24.3. The predicted molar refractivity (Wildman–Crippen MR) is 57.9 cm³/mol. The van der Waals surface area contributed by atoms with E-state index < -0.39 is 6.04 Å². The fraction of sp³-hybridized carbons (Fsp3) is 0.500. The van der Waals surface area contributed by atoms with Crippen molar-refractivity contribution in [3.8, 4) is 0 Å². The number of anilines is 1. The van der Waals surface area contributed by atoms with Gasteiger partial charge in [0.25, 0.3) is 5.91 Å². The third-order valence-corrected chi connectivity index (χ3v) is 2.95. The normalized spacial score (nSPS) is 21.6. The van der Waals surface area contributed by atoms with Gasteiger partial charge in [-0.1, -0.05) is 0 Å². The Morgan fingerprint density at radius 2 is 2.25 bits per heavy atom.